The summed E-state index contributed by atoms with van der Waals surface area (Å²) in [6.45, 7) is 9.64. The molecule has 0 spiro atoms. The Morgan fingerprint density at radius 2 is 2.06 bits per heavy atom. The first-order valence-corrected chi connectivity index (χ1v) is 7.45. The Hall–Kier alpha value is -0.120. The van der Waals surface area contributed by atoms with Crippen molar-refractivity contribution in [1.82, 2.24) is 5.32 Å². The third kappa shape index (κ3) is 6.72. The van der Waals surface area contributed by atoms with Gasteiger partial charge in [0.15, 0.2) is 0 Å². The summed E-state index contributed by atoms with van der Waals surface area (Å²) in [5.41, 5.74) is 0.0547. The molecule has 1 saturated carbocycles. The second-order valence-electron chi connectivity index (χ2n) is 6.68. The number of aliphatic hydroxyl groups excluding tert-OH is 1. The van der Waals surface area contributed by atoms with Gasteiger partial charge in [-0.15, -0.1) is 0 Å². The molecular formula is C15H31NO2. The number of aliphatic hydroxyl groups is 1. The van der Waals surface area contributed by atoms with Crippen LogP contribution in [-0.2, 0) is 4.74 Å². The van der Waals surface area contributed by atoms with Crippen LogP contribution in [-0.4, -0.2) is 36.0 Å². The molecule has 0 bridgehead atoms. The van der Waals surface area contributed by atoms with Crippen molar-refractivity contribution >= 4 is 0 Å². The second-order valence-corrected chi connectivity index (χ2v) is 6.68. The smallest absolute Gasteiger partial charge is 0.0898 e. The first kappa shape index (κ1) is 15.9. The highest BCUT2D eigenvalue weighted by molar-refractivity contribution is 4.75. The molecule has 0 heterocycles. The molecule has 3 unspecified atom stereocenters. The highest BCUT2D eigenvalue weighted by Crippen LogP contribution is 2.28. The Balaban J connectivity index is 2.15. The molecule has 0 aromatic heterocycles. The summed E-state index contributed by atoms with van der Waals surface area (Å²) in [5, 5.41) is 13.2. The van der Waals surface area contributed by atoms with E-state index in [0.29, 0.717) is 19.3 Å². The zero-order valence-corrected chi connectivity index (χ0v) is 12.5. The molecule has 0 aromatic rings. The van der Waals surface area contributed by atoms with Crippen LogP contribution in [0.4, 0.5) is 0 Å². The Morgan fingerprint density at radius 1 is 1.33 bits per heavy atom. The standard InChI is InChI=1S/C15H31NO2/c1-5-12-7-6-8-14(9-12)18-11-13(17)10-16-15(2,3)4/h12-14,16-17H,5-11H2,1-4H3. The van der Waals surface area contributed by atoms with Crippen molar-refractivity contribution < 1.29 is 9.84 Å². The van der Waals surface area contributed by atoms with Gasteiger partial charge in [0.1, 0.15) is 0 Å². The van der Waals surface area contributed by atoms with Crippen LogP contribution in [0.25, 0.3) is 0 Å². The summed E-state index contributed by atoms with van der Waals surface area (Å²) in [6, 6.07) is 0. The largest absolute Gasteiger partial charge is 0.389 e. The van der Waals surface area contributed by atoms with Gasteiger partial charge >= 0.3 is 0 Å². The maximum atomic E-state index is 9.88. The van der Waals surface area contributed by atoms with Crippen LogP contribution in [0.5, 0.6) is 0 Å². The van der Waals surface area contributed by atoms with Crippen molar-refractivity contribution in [1.29, 1.82) is 0 Å². The molecule has 0 radical (unpaired) electrons. The summed E-state index contributed by atoms with van der Waals surface area (Å²) in [5.74, 6) is 0.827. The normalized spacial score (nSPS) is 27.2. The first-order chi connectivity index (χ1) is 8.40. The fourth-order valence-corrected chi connectivity index (χ4v) is 2.49. The maximum absolute atomic E-state index is 9.88. The van der Waals surface area contributed by atoms with Gasteiger partial charge in [-0.3, -0.25) is 0 Å². The van der Waals surface area contributed by atoms with E-state index in [2.05, 4.69) is 33.0 Å². The fourth-order valence-electron chi connectivity index (χ4n) is 2.49. The lowest BCUT2D eigenvalue weighted by Crippen LogP contribution is -2.42. The minimum absolute atomic E-state index is 0.0547. The molecule has 1 aliphatic rings. The van der Waals surface area contributed by atoms with E-state index in [1.807, 2.05) is 0 Å². The third-order valence-corrected chi connectivity index (χ3v) is 3.70. The van der Waals surface area contributed by atoms with E-state index in [4.69, 9.17) is 4.74 Å². The molecule has 0 aromatic carbocycles. The monoisotopic (exact) mass is 257 g/mol. The van der Waals surface area contributed by atoms with Crippen molar-refractivity contribution in [2.75, 3.05) is 13.2 Å². The second kappa shape index (κ2) is 7.46. The zero-order chi connectivity index (χ0) is 13.6. The van der Waals surface area contributed by atoms with Gasteiger partial charge in [0.2, 0.25) is 0 Å². The molecule has 2 N–H and O–H groups in total. The molecular weight excluding hydrogens is 226 g/mol. The highest BCUT2D eigenvalue weighted by Gasteiger charge is 2.22. The number of β-amino-alcohol motifs (C(OH)–C–C–N with tert-alkyl or cyclic N) is 1. The molecule has 0 aliphatic heterocycles. The summed E-state index contributed by atoms with van der Waals surface area (Å²) in [6.07, 6.45) is 6.20. The van der Waals surface area contributed by atoms with Gasteiger partial charge in [0.25, 0.3) is 0 Å². The Labute approximate surface area is 112 Å². The molecule has 0 saturated heterocycles. The summed E-state index contributed by atoms with van der Waals surface area (Å²) < 4.78 is 5.85. The highest BCUT2D eigenvalue weighted by atomic mass is 16.5. The van der Waals surface area contributed by atoms with E-state index in [1.54, 1.807) is 0 Å². The minimum Gasteiger partial charge on any atom is -0.389 e. The van der Waals surface area contributed by atoms with Crippen LogP contribution in [0.1, 0.15) is 59.8 Å². The van der Waals surface area contributed by atoms with Crippen LogP contribution in [0.2, 0.25) is 0 Å². The van der Waals surface area contributed by atoms with Crippen molar-refractivity contribution in [3.8, 4) is 0 Å². The SMILES string of the molecule is CCC1CCCC(OCC(O)CNC(C)(C)C)C1. The van der Waals surface area contributed by atoms with E-state index in [9.17, 15) is 5.11 Å². The van der Waals surface area contributed by atoms with Gasteiger partial charge in [-0.1, -0.05) is 26.2 Å². The van der Waals surface area contributed by atoms with E-state index in [1.165, 1.54) is 25.7 Å². The lowest BCUT2D eigenvalue weighted by molar-refractivity contribution is -0.0335. The van der Waals surface area contributed by atoms with E-state index in [-0.39, 0.29) is 5.54 Å². The maximum Gasteiger partial charge on any atom is 0.0898 e. The molecule has 108 valence electrons. The van der Waals surface area contributed by atoms with Gasteiger partial charge < -0.3 is 15.2 Å². The average Bonchev–Trinajstić information content (AvgIpc) is 2.33. The van der Waals surface area contributed by atoms with Gasteiger partial charge in [0, 0.05) is 12.1 Å². The lowest BCUT2D eigenvalue weighted by Gasteiger charge is -2.29. The number of ether oxygens (including phenoxy) is 1. The topological polar surface area (TPSA) is 41.5 Å². The minimum atomic E-state index is -0.397. The van der Waals surface area contributed by atoms with Crippen molar-refractivity contribution in [3.05, 3.63) is 0 Å². The molecule has 3 nitrogen and oxygen atoms in total. The van der Waals surface area contributed by atoms with Crippen molar-refractivity contribution in [3.63, 3.8) is 0 Å². The van der Waals surface area contributed by atoms with Crippen LogP contribution < -0.4 is 5.32 Å². The van der Waals surface area contributed by atoms with Crippen molar-refractivity contribution in [2.24, 2.45) is 5.92 Å². The molecule has 0 amide bonds. The van der Waals surface area contributed by atoms with Crippen LogP contribution in [0, 0.1) is 5.92 Å². The first-order valence-electron chi connectivity index (χ1n) is 7.45. The number of hydrogen-bond donors (Lipinski definition) is 2. The molecule has 3 heteroatoms. The quantitative estimate of drug-likeness (QED) is 0.769. The number of hydrogen-bond acceptors (Lipinski definition) is 3. The predicted octanol–water partition coefficient (Wildman–Crippen LogP) is 2.72. The number of nitrogens with one attached hydrogen (secondary N) is 1. The average molecular weight is 257 g/mol. The number of rotatable bonds is 6. The van der Waals surface area contributed by atoms with Gasteiger partial charge in [-0.05, 0) is 39.5 Å². The van der Waals surface area contributed by atoms with Crippen LogP contribution >= 0.6 is 0 Å². The summed E-state index contributed by atoms with van der Waals surface area (Å²) >= 11 is 0. The fraction of sp³-hybridized carbons (Fsp3) is 1.00. The van der Waals surface area contributed by atoms with E-state index < -0.39 is 6.10 Å². The third-order valence-electron chi connectivity index (χ3n) is 3.70. The Bertz CT molecular complexity index is 225. The summed E-state index contributed by atoms with van der Waals surface area (Å²) in [4.78, 5) is 0. The van der Waals surface area contributed by atoms with Crippen LogP contribution in [0.3, 0.4) is 0 Å². The molecule has 1 rings (SSSR count). The Kier molecular flexibility index (Phi) is 6.61. The van der Waals surface area contributed by atoms with Crippen LogP contribution in [0.15, 0.2) is 0 Å². The molecule has 1 fully saturated rings. The van der Waals surface area contributed by atoms with Gasteiger partial charge in [0.05, 0.1) is 18.8 Å². The van der Waals surface area contributed by atoms with Gasteiger partial charge in [-0.2, -0.15) is 0 Å². The summed E-state index contributed by atoms with van der Waals surface area (Å²) in [7, 11) is 0. The van der Waals surface area contributed by atoms with Crippen molar-refractivity contribution in [2.45, 2.75) is 77.5 Å². The van der Waals surface area contributed by atoms with E-state index >= 15 is 0 Å². The molecule has 1 aliphatic carbocycles. The van der Waals surface area contributed by atoms with Gasteiger partial charge in [-0.25, -0.2) is 0 Å². The zero-order valence-electron chi connectivity index (χ0n) is 12.5. The van der Waals surface area contributed by atoms with E-state index in [0.717, 1.165) is 12.3 Å². The molecule has 18 heavy (non-hydrogen) atoms. The predicted molar refractivity (Wildman–Crippen MR) is 75.8 cm³/mol. The molecule has 3 atom stereocenters. The Morgan fingerprint density at radius 3 is 2.67 bits per heavy atom. The lowest BCUT2D eigenvalue weighted by atomic mass is 9.85.